The van der Waals surface area contributed by atoms with E-state index in [1.54, 1.807) is 83.1 Å². The van der Waals surface area contributed by atoms with Crippen molar-refractivity contribution in [3.05, 3.63) is 82.9 Å². The normalized spacial score (nSPS) is 30.2. The lowest BCUT2D eigenvalue weighted by Crippen LogP contribution is -2.81. The van der Waals surface area contributed by atoms with Crippen LogP contribution in [-0.2, 0) is 52.4 Å². The SMILES string of the molecule is CC(=O)O[C@@]12CO[C@@H]1C[C@H](O)[C@@]1(C)C(=O)[C@H](O)C3=C(C)[C@@H](OC(=O)[C@H](OC(=O)CN(C)CC(=O)C(C)C)[C@@H](NC(=O)OC(C)(C)C)c4ccccc4)C[C@@](O)([C@@H](OC(=O)c4ccccc4)[C@H]21)C3(C)C. The van der Waals surface area contributed by atoms with Crippen LogP contribution in [0, 0.1) is 22.7 Å². The molecule has 0 spiro atoms. The van der Waals surface area contributed by atoms with Crippen molar-refractivity contribution in [2.24, 2.45) is 22.7 Å². The van der Waals surface area contributed by atoms with Gasteiger partial charge in [-0.15, -0.1) is 0 Å². The molecule has 11 atom stereocenters. The fraction of sp³-hybridized carbons (Fsp3) is 0.588. The Morgan fingerprint density at radius 1 is 0.928 bits per heavy atom. The maximum absolute atomic E-state index is 15.2. The molecule has 0 aromatic heterocycles. The zero-order valence-corrected chi connectivity index (χ0v) is 41.1. The van der Waals surface area contributed by atoms with Crippen LogP contribution < -0.4 is 5.32 Å². The van der Waals surface area contributed by atoms with E-state index in [1.165, 1.54) is 51.8 Å². The molecular weight excluding hydrogens is 897 g/mol. The van der Waals surface area contributed by atoms with Gasteiger partial charge in [0.1, 0.15) is 47.4 Å². The van der Waals surface area contributed by atoms with Crippen molar-refractivity contribution in [1.82, 2.24) is 10.2 Å². The molecule has 1 amide bonds. The number of benzene rings is 2. The van der Waals surface area contributed by atoms with Gasteiger partial charge < -0.3 is 49.1 Å². The second kappa shape index (κ2) is 19.7. The van der Waals surface area contributed by atoms with Gasteiger partial charge in [-0.25, -0.2) is 14.4 Å². The van der Waals surface area contributed by atoms with Crippen LogP contribution in [0.3, 0.4) is 0 Å². The van der Waals surface area contributed by atoms with Crippen molar-refractivity contribution in [3.63, 3.8) is 0 Å². The van der Waals surface area contributed by atoms with Gasteiger partial charge in [0, 0.05) is 31.1 Å². The maximum atomic E-state index is 15.2. The Morgan fingerprint density at radius 2 is 1.54 bits per heavy atom. The minimum atomic E-state index is -2.44. The predicted octanol–water partition coefficient (Wildman–Crippen LogP) is 3.97. The average Bonchev–Trinajstić information content (AvgIpc) is 3.25. The summed E-state index contributed by atoms with van der Waals surface area (Å²) >= 11 is 0. The van der Waals surface area contributed by atoms with Gasteiger partial charge >= 0.3 is 30.0 Å². The number of esters is 4. The summed E-state index contributed by atoms with van der Waals surface area (Å²) in [7, 11) is 1.51. The molecule has 1 saturated heterocycles. The smallest absolute Gasteiger partial charge is 0.408 e. The second-order valence-electron chi connectivity index (χ2n) is 20.8. The van der Waals surface area contributed by atoms with Gasteiger partial charge in [-0.2, -0.15) is 0 Å². The molecule has 0 unspecified atom stereocenters. The van der Waals surface area contributed by atoms with Gasteiger partial charge in [0.05, 0.1) is 42.7 Å². The summed E-state index contributed by atoms with van der Waals surface area (Å²) in [5.74, 6) is -7.02. The number of hydrogen-bond acceptors (Lipinski definition) is 17. The molecule has 0 radical (unpaired) electrons. The average molecular weight is 963 g/mol. The number of nitrogens with one attached hydrogen (secondary N) is 1. The van der Waals surface area contributed by atoms with Gasteiger partial charge in [-0.1, -0.05) is 76.2 Å². The number of aliphatic hydroxyl groups excluding tert-OH is 2. The molecule has 3 fully saturated rings. The number of ether oxygens (including phenoxy) is 6. The van der Waals surface area contributed by atoms with Gasteiger partial charge in [-0.05, 0) is 70.5 Å². The Labute approximate surface area is 402 Å². The molecule has 18 heteroatoms. The summed E-state index contributed by atoms with van der Waals surface area (Å²) in [5.41, 5.74) is -8.70. The number of ketones is 2. The molecular formula is C51H66N2O16. The third-order valence-corrected chi connectivity index (χ3v) is 14.3. The molecule has 4 N–H and O–H groups in total. The Morgan fingerprint density at radius 3 is 2.09 bits per heavy atom. The fourth-order valence-electron chi connectivity index (χ4n) is 10.6. The Bertz CT molecular complexity index is 2340. The van der Waals surface area contributed by atoms with Gasteiger partial charge in [-0.3, -0.25) is 24.1 Å². The van der Waals surface area contributed by atoms with Crippen molar-refractivity contribution < 1.29 is 77.3 Å². The molecule has 69 heavy (non-hydrogen) atoms. The molecule has 2 saturated carbocycles. The topological polar surface area (TPSA) is 251 Å². The van der Waals surface area contributed by atoms with E-state index in [9.17, 15) is 39.3 Å². The molecule has 1 aliphatic heterocycles. The number of carbonyl (C=O) groups excluding carboxylic acids is 7. The van der Waals surface area contributed by atoms with E-state index in [-0.39, 0.29) is 53.5 Å². The van der Waals surface area contributed by atoms with Crippen molar-refractivity contribution in [2.45, 2.75) is 142 Å². The number of alkyl carbamates (subject to hydrolysis) is 1. The number of carbonyl (C=O) groups is 7. The van der Waals surface area contributed by atoms with Crippen LogP contribution in [-0.4, -0.2) is 142 Å². The van der Waals surface area contributed by atoms with Crippen molar-refractivity contribution in [2.75, 3.05) is 26.7 Å². The zero-order chi connectivity index (χ0) is 51.2. The van der Waals surface area contributed by atoms with E-state index in [1.807, 2.05) is 0 Å². The number of fused-ring (bicyclic) bond motifs is 5. The summed E-state index contributed by atoms with van der Waals surface area (Å²) in [4.78, 5) is 99.0. The maximum Gasteiger partial charge on any atom is 0.408 e. The van der Waals surface area contributed by atoms with E-state index < -0.39 is 125 Å². The van der Waals surface area contributed by atoms with Crippen LogP contribution in [0.4, 0.5) is 4.79 Å². The highest BCUT2D eigenvalue weighted by Gasteiger charge is 2.78. The third-order valence-electron chi connectivity index (χ3n) is 14.3. The summed E-state index contributed by atoms with van der Waals surface area (Å²) in [5, 5.41) is 40.8. The largest absolute Gasteiger partial charge is 0.455 e. The highest BCUT2D eigenvalue weighted by Crippen LogP contribution is 2.64. The molecule has 2 aromatic carbocycles. The van der Waals surface area contributed by atoms with E-state index >= 15 is 9.59 Å². The Balaban J connectivity index is 1.51. The lowest BCUT2D eigenvalue weighted by molar-refractivity contribution is -0.346. The van der Waals surface area contributed by atoms with Crippen LogP contribution in [0.2, 0.25) is 0 Å². The molecule has 18 nitrogen and oxygen atoms in total. The summed E-state index contributed by atoms with van der Waals surface area (Å²) in [6, 6.07) is 14.4. The summed E-state index contributed by atoms with van der Waals surface area (Å²) in [6.45, 7) is 14.4. The molecule has 4 aliphatic rings. The monoisotopic (exact) mass is 962 g/mol. The van der Waals surface area contributed by atoms with Crippen molar-refractivity contribution in [1.29, 1.82) is 0 Å². The highest BCUT2D eigenvalue weighted by atomic mass is 16.6. The van der Waals surface area contributed by atoms with Gasteiger partial charge in [0.25, 0.3) is 0 Å². The number of hydrogen-bond donors (Lipinski definition) is 4. The van der Waals surface area contributed by atoms with Crippen molar-refractivity contribution in [3.8, 4) is 0 Å². The van der Waals surface area contributed by atoms with Gasteiger partial charge in [0.15, 0.2) is 11.4 Å². The third kappa shape index (κ3) is 10.1. The lowest BCUT2D eigenvalue weighted by Gasteiger charge is -2.67. The van der Waals surface area contributed by atoms with Crippen LogP contribution in [0.1, 0.15) is 104 Å². The zero-order valence-electron chi connectivity index (χ0n) is 41.1. The lowest BCUT2D eigenvalue weighted by atomic mass is 9.44. The van der Waals surface area contributed by atoms with Crippen LogP contribution in [0.5, 0.6) is 0 Å². The van der Waals surface area contributed by atoms with E-state index in [4.69, 9.17) is 28.4 Å². The first-order valence-electron chi connectivity index (χ1n) is 23.2. The van der Waals surface area contributed by atoms with Crippen molar-refractivity contribution >= 4 is 41.5 Å². The second-order valence-corrected chi connectivity index (χ2v) is 20.8. The first-order chi connectivity index (χ1) is 32.1. The molecule has 3 aliphatic carbocycles. The predicted molar refractivity (Wildman–Crippen MR) is 245 cm³/mol. The van der Waals surface area contributed by atoms with E-state index in [0.29, 0.717) is 0 Å². The van der Waals surface area contributed by atoms with Gasteiger partial charge in [0.2, 0.25) is 6.10 Å². The first-order valence-corrected chi connectivity index (χ1v) is 23.2. The fourth-order valence-corrected chi connectivity index (χ4v) is 10.6. The van der Waals surface area contributed by atoms with Crippen LogP contribution in [0.25, 0.3) is 0 Å². The number of rotatable bonds is 14. The summed E-state index contributed by atoms with van der Waals surface area (Å²) < 4.78 is 36.1. The van der Waals surface area contributed by atoms with E-state index in [0.717, 1.165) is 6.92 Å². The van der Waals surface area contributed by atoms with E-state index in [2.05, 4.69) is 5.32 Å². The van der Waals surface area contributed by atoms with Crippen LogP contribution in [0.15, 0.2) is 71.8 Å². The number of aliphatic hydroxyl groups is 3. The quantitative estimate of drug-likeness (QED) is 0.119. The Hall–Kier alpha value is -5.53. The minimum absolute atomic E-state index is 0.0485. The highest BCUT2D eigenvalue weighted by molar-refractivity contribution is 5.94. The number of likely N-dealkylation sites (N-methyl/N-ethyl adjacent to an activating group) is 1. The number of nitrogens with zero attached hydrogens (tertiary/aromatic N) is 1. The van der Waals surface area contributed by atoms with Crippen LogP contribution >= 0.6 is 0 Å². The molecule has 2 aromatic rings. The molecule has 376 valence electrons. The standard InChI is InChI=1S/C51H66N2O16/c1-27(2)32(55)24-53(11)25-36(57)66-40(38(30-18-14-12-15-19-30)52-46(62)69-47(5,6)7)45(61)65-33-23-51(63)43(67-44(60)31-20-16-13-17-21-31)41-49(10,42(59)39(58)37(28(33)3)48(51,8)9)34(56)22-35-50(41,26-64-35)68-29(4)54/h12-21,27,33-35,38-41,43,56,58,63H,22-26H2,1-11H3,(H,52,62)/t33-,34-,35+,38-,39+,40+,41-,43-,49+,50-,51+/m0/s1. The minimum Gasteiger partial charge on any atom is -0.455 e. The Kier molecular flexibility index (Phi) is 15.1. The molecule has 6 rings (SSSR count). The summed E-state index contributed by atoms with van der Waals surface area (Å²) in [6.07, 6.45) is -11.9. The molecule has 2 bridgehead atoms. The molecule has 1 heterocycles. The first kappa shape index (κ1) is 52.8. The number of Topliss-reactive ketones (excluding diaryl/α,β-unsaturated/α-hetero) is 2. The number of amides is 1.